The quantitative estimate of drug-likeness (QED) is 0.350. The van der Waals surface area contributed by atoms with E-state index in [1.807, 2.05) is 74.5 Å². The molecule has 5 rings (SSSR count). The van der Waals surface area contributed by atoms with E-state index >= 15 is 0 Å². The molecule has 3 heterocycles. The van der Waals surface area contributed by atoms with Gasteiger partial charge in [0, 0.05) is 30.1 Å². The fourth-order valence-corrected chi connectivity index (χ4v) is 9.92. The van der Waals surface area contributed by atoms with Gasteiger partial charge in [-0.2, -0.15) is 0 Å². The number of likely N-dealkylation sites (tertiary alicyclic amines) is 1. The van der Waals surface area contributed by atoms with Crippen LogP contribution in [0.2, 0.25) is 0 Å². The number of aliphatic hydroxyl groups is 1. The molecule has 2 aromatic carbocycles. The van der Waals surface area contributed by atoms with E-state index in [0.29, 0.717) is 26.1 Å². The van der Waals surface area contributed by atoms with Crippen molar-refractivity contribution in [2.45, 2.75) is 61.7 Å². The molecule has 0 aliphatic carbocycles. The first-order valence-corrected chi connectivity index (χ1v) is 16.0. The SMILES string of the molecule is C=CCN(Cc1ccccc1)C(=O)C1N([C@@H](CO)C(C)C)C(=O)[C@@H]2[C@H](C(=O)N(CC=C)c3ccccc3)[C@]3(C)CCC12S3. The second-order valence-corrected chi connectivity index (χ2v) is 14.4. The number of carbonyl (C=O) groups is 3. The van der Waals surface area contributed by atoms with Gasteiger partial charge in [-0.05, 0) is 43.4 Å². The highest BCUT2D eigenvalue weighted by molar-refractivity contribution is 8.02. The number of benzene rings is 2. The Bertz CT molecular complexity index is 1370. The standard InChI is InChI=1S/C35H43N3O4S/c1-6-20-36(22-25-14-10-8-11-15-25)33(42)30-35-19-18-34(5,43-35)28(29(35)32(41)38(30)27(23-39)24(3)4)31(40)37(21-7-2)26-16-12-9-13-17-26/h6-17,24,27-30,39H,1-2,18-23H2,3-5H3/t27-,28+,29-,30?,34-,35?/m0/s1. The summed E-state index contributed by atoms with van der Waals surface area (Å²) < 4.78 is -1.29. The number of nitrogens with zero attached hydrogens (tertiary/aromatic N) is 3. The molecular formula is C35H43N3O4S. The predicted molar refractivity (Wildman–Crippen MR) is 172 cm³/mol. The molecule has 3 amide bonds. The molecule has 0 saturated carbocycles. The van der Waals surface area contributed by atoms with Gasteiger partial charge in [-0.3, -0.25) is 14.4 Å². The monoisotopic (exact) mass is 601 g/mol. The lowest BCUT2D eigenvalue weighted by Gasteiger charge is -2.40. The molecule has 2 unspecified atom stereocenters. The lowest BCUT2D eigenvalue weighted by molar-refractivity contribution is -0.147. The van der Waals surface area contributed by atoms with Crippen LogP contribution in [-0.4, -0.2) is 73.9 Å². The van der Waals surface area contributed by atoms with E-state index in [0.717, 1.165) is 17.7 Å². The third-order valence-electron chi connectivity index (χ3n) is 9.55. The topological polar surface area (TPSA) is 81.2 Å². The van der Waals surface area contributed by atoms with Crippen molar-refractivity contribution >= 4 is 35.2 Å². The number of hydrogen-bond acceptors (Lipinski definition) is 5. The van der Waals surface area contributed by atoms with Crippen molar-refractivity contribution in [3.63, 3.8) is 0 Å². The number of hydrogen-bond donors (Lipinski definition) is 1. The van der Waals surface area contributed by atoms with Crippen molar-refractivity contribution in [3.05, 3.63) is 91.5 Å². The first-order valence-electron chi connectivity index (χ1n) is 15.2. The summed E-state index contributed by atoms with van der Waals surface area (Å²) in [6.07, 6.45) is 4.79. The van der Waals surface area contributed by atoms with Gasteiger partial charge in [-0.1, -0.05) is 74.5 Å². The maximum atomic E-state index is 14.8. The van der Waals surface area contributed by atoms with Crippen LogP contribution in [-0.2, 0) is 20.9 Å². The first-order chi connectivity index (χ1) is 20.6. The molecule has 1 N–H and O–H groups in total. The van der Waals surface area contributed by atoms with Gasteiger partial charge in [0.05, 0.1) is 29.2 Å². The number of amides is 3. The molecule has 0 radical (unpaired) electrons. The second-order valence-electron chi connectivity index (χ2n) is 12.5. The zero-order chi connectivity index (χ0) is 30.9. The van der Waals surface area contributed by atoms with Gasteiger partial charge in [-0.25, -0.2) is 0 Å². The van der Waals surface area contributed by atoms with E-state index in [2.05, 4.69) is 20.1 Å². The third kappa shape index (κ3) is 5.22. The summed E-state index contributed by atoms with van der Waals surface area (Å²) in [6.45, 7) is 14.6. The average Bonchev–Trinajstić information content (AvgIpc) is 3.57. The minimum absolute atomic E-state index is 0.0880. The molecule has 0 aromatic heterocycles. The van der Waals surface area contributed by atoms with Gasteiger partial charge in [-0.15, -0.1) is 24.9 Å². The summed E-state index contributed by atoms with van der Waals surface area (Å²) in [5, 5.41) is 10.6. The smallest absolute Gasteiger partial charge is 0.247 e. The largest absolute Gasteiger partial charge is 0.394 e. The van der Waals surface area contributed by atoms with Crippen molar-refractivity contribution in [3.8, 4) is 0 Å². The third-order valence-corrected chi connectivity index (χ3v) is 11.5. The van der Waals surface area contributed by atoms with Gasteiger partial charge in [0.2, 0.25) is 17.7 Å². The van der Waals surface area contributed by atoms with Crippen LogP contribution in [0.15, 0.2) is 86.0 Å². The van der Waals surface area contributed by atoms with E-state index in [4.69, 9.17) is 0 Å². The Morgan fingerprint density at radius 1 is 1.02 bits per heavy atom. The summed E-state index contributed by atoms with van der Waals surface area (Å²) >= 11 is 1.65. The highest BCUT2D eigenvalue weighted by Gasteiger charge is 2.78. The van der Waals surface area contributed by atoms with Gasteiger partial charge in [0.25, 0.3) is 0 Å². The van der Waals surface area contributed by atoms with Crippen LogP contribution in [0.5, 0.6) is 0 Å². The van der Waals surface area contributed by atoms with Crippen LogP contribution in [0.25, 0.3) is 0 Å². The maximum absolute atomic E-state index is 14.8. The van der Waals surface area contributed by atoms with Crippen molar-refractivity contribution in [1.82, 2.24) is 9.80 Å². The Morgan fingerprint density at radius 2 is 1.65 bits per heavy atom. The lowest BCUT2D eigenvalue weighted by Crippen LogP contribution is -2.58. The van der Waals surface area contributed by atoms with Crippen LogP contribution < -0.4 is 4.90 Å². The van der Waals surface area contributed by atoms with Crippen LogP contribution in [0.4, 0.5) is 5.69 Å². The lowest BCUT2D eigenvalue weighted by atomic mass is 9.66. The average molecular weight is 602 g/mol. The van der Waals surface area contributed by atoms with Gasteiger partial charge in [0.15, 0.2) is 0 Å². The Balaban J connectivity index is 1.60. The van der Waals surface area contributed by atoms with E-state index < -0.39 is 33.4 Å². The number of rotatable bonds is 12. The minimum atomic E-state index is -0.803. The summed E-state index contributed by atoms with van der Waals surface area (Å²) in [7, 11) is 0. The fourth-order valence-electron chi connectivity index (χ4n) is 7.59. The Hall–Kier alpha value is -3.36. The van der Waals surface area contributed by atoms with Crippen LogP contribution >= 0.6 is 11.8 Å². The summed E-state index contributed by atoms with van der Waals surface area (Å²) in [6, 6.07) is 17.9. The van der Waals surface area contributed by atoms with Crippen molar-refractivity contribution < 1.29 is 19.5 Å². The molecule has 3 aliphatic rings. The maximum Gasteiger partial charge on any atom is 0.247 e. The molecule has 3 saturated heterocycles. The first kappa shape index (κ1) is 31.1. The minimum Gasteiger partial charge on any atom is -0.394 e. The molecule has 2 aromatic rings. The molecule has 3 aliphatic heterocycles. The molecule has 1 spiro atoms. The van der Waals surface area contributed by atoms with Gasteiger partial charge in [0.1, 0.15) is 6.04 Å². The molecule has 7 nitrogen and oxygen atoms in total. The summed E-state index contributed by atoms with van der Waals surface area (Å²) in [5.74, 6) is -1.86. The number of thioether (sulfide) groups is 1. The van der Waals surface area contributed by atoms with E-state index in [1.165, 1.54) is 0 Å². The predicted octanol–water partition coefficient (Wildman–Crippen LogP) is 4.92. The van der Waals surface area contributed by atoms with Crippen LogP contribution in [0, 0.1) is 17.8 Å². The van der Waals surface area contributed by atoms with E-state index in [1.54, 1.807) is 38.6 Å². The summed E-state index contributed by atoms with van der Waals surface area (Å²) in [4.78, 5) is 49.2. The van der Waals surface area contributed by atoms with Crippen molar-refractivity contribution in [2.24, 2.45) is 17.8 Å². The molecule has 3 fully saturated rings. The highest BCUT2D eigenvalue weighted by atomic mass is 32.2. The Labute approximate surface area is 259 Å². The highest BCUT2D eigenvalue weighted by Crippen LogP contribution is 2.72. The van der Waals surface area contributed by atoms with E-state index in [-0.39, 0.29) is 30.2 Å². The molecule has 2 bridgehead atoms. The van der Waals surface area contributed by atoms with Crippen molar-refractivity contribution in [1.29, 1.82) is 0 Å². The van der Waals surface area contributed by atoms with Crippen molar-refractivity contribution in [2.75, 3.05) is 24.6 Å². The summed E-state index contributed by atoms with van der Waals surface area (Å²) in [5.41, 5.74) is 1.74. The van der Waals surface area contributed by atoms with Crippen LogP contribution in [0.1, 0.15) is 39.2 Å². The molecule has 6 atom stereocenters. The number of carbonyl (C=O) groups excluding carboxylic acids is 3. The van der Waals surface area contributed by atoms with Crippen LogP contribution in [0.3, 0.4) is 0 Å². The zero-order valence-corrected chi connectivity index (χ0v) is 26.2. The number of fused-ring (bicyclic) bond motifs is 1. The molecule has 228 valence electrons. The fraction of sp³-hybridized carbons (Fsp3) is 0.457. The zero-order valence-electron chi connectivity index (χ0n) is 25.4. The molecule has 43 heavy (non-hydrogen) atoms. The van der Waals surface area contributed by atoms with Gasteiger partial charge < -0.3 is 19.8 Å². The van der Waals surface area contributed by atoms with Gasteiger partial charge >= 0.3 is 0 Å². The Kier molecular flexibility index (Phi) is 8.91. The number of anilines is 1. The molecule has 8 heteroatoms. The Morgan fingerprint density at radius 3 is 2.23 bits per heavy atom. The number of aliphatic hydroxyl groups excluding tert-OH is 1. The molecular weight excluding hydrogens is 558 g/mol. The number of para-hydroxylation sites is 1. The van der Waals surface area contributed by atoms with E-state index in [9.17, 15) is 19.5 Å². The second kappa shape index (κ2) is 12.3. The normalized spacial score (nSPS) is 28.1.